The molecule has 1 aromatic rings. The fourth-order valence-corrected chi connectivity index (χ4v) is 4.73. The van der Waals surface area contributed by atoms with Crippen molar-refractivity contribution in [3.63, 3.8) is 0 Å². The molecule has 0 aromatic carbocycles. The van der Waals surface area contributed by atoms with E-state index in [0.29, 0.717) is 16.8 Å². The van der Waals surface area contributed by atoms with Crippen LogP contribution >= 0.6 is 11.3 Å². The predicted octanol–water partition coefficient (Wildman–Crippen LogP) is 2.24. The third kappa shape index (κ3) is 4.15. The molecule has 1 N–H and O–H groups in total. The van der Waals surface area contributed by atoms with Crippen molar-refractivity contribution in [3.05, 3.63) is 29.2 Å². The van der Waals surface area contributed by atoms with Gasteiger partial charge < -0.3 is 5.32 Å². The van der Waals surface area contributed by atoms with Crippen molar-refractivity contribution in [2.24, 2.45) is 0 Å². The normalized spacial score (nSPS) is 15.8. The van der Waals surface area contributed by atoms with E-state index in [0.717, 1.165) is 23.4 Å². The molecule has 0 bridgehead atoms. The Bertz CT molecular complexity index is 574. The van der Waals surface area contributed by atoms with Crippen molar-refractivity contribution in [1.82, 2.24) is 9.62 Å². The minimum atomic E-state index is -3.37. The number of nitrogens with zero attached hydrogens (tertiary/aromatic N) is 1. The van der Waals surface area contributed by atoms with Crippen molar-refractivity contribution >= 4 is 21.4 Å². The van der Waals surface area contributed by atoms with Crippen LogP contribution in [-0.2, 0) is 16.4 Å². The summed E-state index contributed by atoms with van der Waals surface area (Å²) < 4.78 is 26.5. The zero-order valence-electron chi connectivity index (χ0n) is 12.1. The molecule has 0 aliphatic heterocycles. The van der Waals surface area contributed by atoms with Gasteiger partial charge in [-0.15, -0.1) is 11.3 Å². The van der Waals surface area contributed by atoms with Gasteiger partial charge in [0, 0.05) is 31.1 Å². The van der Waals surface area contributed by atoms with Crippen LogP contribution in [0.15, 0.2) is 28.5 Å². The molecule has 1 aliphatic carbocycles. The minimum Gasteiger partial charge on any atom is -0.314 e. The third-order valence-corrected chi connectivity index (χ3v) is 6.59. The maximum Gasteiger partial charge on any atom is 0.252 e. The standard InChI is InChI=1S/C14H22N2O2S2/c1-11(2)10-16(3)20(17,18)14-7-6-13(19-14)8-9-15-12-4-5-12/h6-7,12,15H,1,4-5,8-10H2,2-3H3. The monoisotopic (exact) mass is 314 g/mol. The number of hydrogen-bond donors (Lipinski definition) is 1. The SMILES string of the molecule is C=C(C)CN(C)S(=O)(=O)c1ccc(CCNC2CC2)s1. The number of rotatable bonds is 8. The van der Waals surface area contributed by atoms with E-state index in [1.807, 2.05) is 13.0 Å². The highest BCUT2D eigenvalue weighted by molar-refractivity contribution is 7.91. The average Bonchev–Trinajstić information content (AvgIpc) is 3.04. The van der Waals surface area contributed by atoms with Crippen LogP contribution in [0.25, 0.3) is 0 Å². The Morgan fingerprint density at radius 3 is 2.80 bits per heavy atom. The van der Waals surface area contributed by atoms with Gasteiger partial charge in [-0.3, -0.25) is 0 Å². The highest BCUT2D eigenvalue weighted by atomic mass is 32.2. The lowest BCUT2D eigenvalue weighted by Gasteiger charge is -2.15. The molecule has 0 unspecified atom stereocenters. The maximum absolute atomic E-state index is 12.4. The Morgan fingerprint density at radius 2 is 2.20 bits per heavy atom. The molecule has 0 radical (unpaired) electrons. The quantitative estimate of drug-likeness (QED) is 0.749. The van der Waals surface area contributed by atoms with E-state index in [-0.39, 0.29) is 0 Å². The van der Waals surface area contributed by atoms with Crippen molar-refractivity contribution in [1.29, 1.82) is 0 Å². The lowest BCUT2D eigenvalue weighted by atomic mass is 10.3. The maximum atomic E-state index is 12.4. The predicted molar refractivity (Wildman–Crippen MR) is 83.7 cm³/mol. The smallest absolute Gasteiger partial charge is 0.252 e. The largest absolute Gasteiger partial charge is 0.314 e. The van der Waals surface area contributed by atoms with Gasteiger partial charge in [0.1, 0.15) is 4.21 Å². The van der Waals surface area contributed by atoms with Crippen LogP contribution in [0, 0.1) is 0 Å². The number of sulfonamides is 1. The van der Waals surface area contributed by atoms with E-state index in [2.05, 4.69) is 11.9 Å². The second-order valence-electron chi connectivity index (χ2n) is 5.42. The molecule has 0 saturated heterocycles. The van der Waals surface area contributed by atoms with Crippen LogP contribution in [0.4, 0.5) is 0 Å². The molecule has 0 spiro atoms. The Kier molecular flexibility index (Phi) is 5.01. The van der Waals surface area contributed by atoms with Gasteiger partial charge in [0.05, 0.1) is 0 Å². The Morgan fingerprint density at radius 1 is 1.50 bits per heavy atom. The number of hydrogen-bond acceptors (Lipinski definition) is 4. The van der Waals surface area contributed by atoms with Gasteiger partial charge in [0.15, 0.2) is 0 Å². The molecule has 1 heterocycles. The van der Waals surface area contributed by atoms with Crippen LogP contribution in [0.5, 0.6) is 0 Å². The Balaban J connectivity index is 1.96. The lowest BCUT2D eigenvalue weighted by Crippen LogP contribution is -2.27. The summed E-state index contributed by atoms with van der Waals surface area (Å²) in [6.45, 7) is 6.87. The minimum absolute atomic E-state index is 0.360. The second kappa shape index (κ2) is 6.39. The molecule has 2 rings (SSSR count). The molecule has 1 aliphatic rings. The van der Waals surface area contributed by atoms with Crippen LogP contribution < -0.4 is 5.32 Å². The molecule has 20 heavy (non-hydrogen) atoms. The van der Waals surface area contributed by atoms with Gasteiger partial charge in [-0.05, 0) is 38.3 Å². The molecule has 1 saturated carbocycles. The van der Waals surface area contributed by atoms with Gasteiger partial charge in [0.2, 0.25) is 0 Å². The van der Waals surface area contributed by atoms with Crippen molar-refractivity contribution in [2.45, 2.75) is 36.4 Å². The fourth-order valence-electron chi connectivity index (χ4n) is 1.94. The van der Waals surface area contributed by atoms with Crippen molar-refractivity contribution in [2.75, 3.05) is 20.1 Å². The topological polar surface area (TPSA) is 49.4 Å². The van der Waals surface area contributed by atoms with E-state index in [9.17, 15) is 8.42 Å². The summed E-state index contributed by atoms with van der Waals surface area (Å²) in [6.07, 6.45) is 3.44. The zero-order chi connectivity index (χ0) is 14.8. The third-order valence-electron chi connectivity index (χ3n) is 3.18. The average molecular weight is 314 g/mol. The molecule has 0 amide bonds. The van der Waals surface area contributed by atoms with Gasteiger partial charge in [-0.25, -0.2) is 8.42 Å². The number of likely N-dealkylation sites (N-methyl/N-ethyl adjacent to an activating group) is 1. The van der Waals surface area contributed by atoms with Crippen LogP contribution in [-0.4, -0.2) is 38.9 Å². The van der Waals surface area contributed by atoms with E-state index in [4.69, 9.17) is 0 Å². The number of thiophene rings is 1. The fraction of sp³-hybridized carbons (Fsp3) is 0.571. The molecule has 4 nitrogen and oxygen atoms in total. The lowest BCUT2D eigenvalue weighted by molar-refractivity contribution is 0.495. The summed E-state index contributed by atoms with van der Waals surface area (Å²) in [5, 5.41) is 3.44. The highest BCUT2D eigenvalue weighted by Crippen LogP contribution is 2.25. The van der Waals surface area contributed by atoms with Crippen LogP contribution in [0.1, 0.15) is 24.6 Å². The van der Waals surface area contributed by atoms with Crippen molar-refractivity contribution in [3.8, 4) is 0 Å². The van der Waals surface area contributed by atoms with E-state index >= 15 is 0 Å². The first kappa shape index (κ1) is 15.7. The van der Waals surface area contributed by atoms with Gasteiger partial charge in [0.25, 0.3) is 10.0 Å². The molecular formula is C14H22N2O2S2. The molecular weight excluding hydrogens is 292 g/mol. The molecule has 0 atom stereocenters. The summed E-state index contributed by atoms with van der Waals surface area (Å²) in [6, 6.07) is 4.32. The van der Waals surface area contributed by atoms with E-state index < -0.39 is 10.0 Å². The Labute approximate surface area is 125 Å². The molecule has 1 fully saturated rings. The first-order valence-corrected chi connectivity index (χ1v) is 9.08. The van der Waals surface area contributed by atoms with Gasteiger partial charge in [-0.1, -0.05) is 12.2 Å². The molecule has 6 heteroatoms. The van der Waals surface area contributed by atoms with Crippen molar-refractivity contribution < 1.29 is 8.42 Å². The summed E-state index contributed by atoms with van der Waals surface area (Å²) >= 11 is 1.37. The van der Waals surface area contributed by atoms with Gasteiger partial charge in [-0.2, -0.15) is 4.31 Å². The molecule has 1 aromatic heterocycles. The summed E-state index contributed by atoms with van der Waals surface area (Å²) in [5.74, 6) is 0. The van der Waals surface area contributed by atoms with Crippen LogP contribution in [0.2, 0.25) is 0 Å². The summed E-state index contributed by atoms with van der Waals surface area (Å²) in [5.41, 5.74) is 0.835. The number of nitrogens with one attached hydrogen (secondary N) is 1. The second-order valence-corrected chi connectivity index (χ2v) is 8.86. The van der Waals surface area contributed by atoms with Gasteiger partial charge >= 0.3 is 0 Å². The zero-order valence-corrected chi connectivity index (χ0v) is 13.7. The molecule has 112 valence electrons. The Hall–Kier alpha value is -0.690. The first-order chi connectivity index (χ1) is 9.39. The highest BCUT2D eigenvalue weighted by Gasteiger charge is 2.23. The first-order valence-electron chi connectivity index (χ1n) is 6.82. The van der Waals surface area contributed by atoms with E-state index in [1.165, 1.54) is 28.5 Å². The summed E-state index contributed by atoms with van der Waals surface area (Å²) in [4.78, 5) is 1.11. The summed E-state index contributed by atoms with van der Waals surface area (Å²) in [7, 11) is -1.78. The van der Waals surface area contributed by atoms with E-state index in [1.54, 1.807) is 13.1 Å². The van der Waals surface area contributed by atoms with Crippen LogP contribution in [0.3, 0.4) is 0 Å².